The van der Waals surface area contributed by atoms with Gasteiger partial charge in [0.2, 0.25) is 5.78 Å². The topological polar surface area (TPSA) is 47.9 Å². The van der Waals surface area contributed by atoms with Crippen LogP contribution < -0.4 is 4.74 Å². The molecule has 0 aromatic heterocycles. The van der Waals surface area contributed by atoms with Crippen molar-refractivity contribution in [2.75, 3.05) is 7.11 Å². The maximum absolute atomic E-state index is 13.0. The summed E-state index contributed by atoms with van der Waals surface area (Å²) in [6, 6.07) is 14.3. The van der Waals surface area contributed by atoms with Crippen LogP contribution in [-0.4, -0.2) is 24.9 Å². The third kappa shape index (κ3) is 2.89. The number of benzene rings is 2. The molecule has 0 amide bonds. The Bertz CT molecular complexity index is 783. The minimum absolute atomic E-state index is 0.115. The summed E-state index contributed by atoms with van der Waals surface area (Å²) < 4.78 is 10.9. The molecular formula is C19H18ClNO3. The van der Waals surface area contributed by atoms with E-state index in [-0.39, 0.29) is 5.78 Å². The third-order valence-electron chi connectivity index (χ3n) is 4.23. The first-order valence-corrected chi connectivity index (χ1v) is 7.99. The Morgan fingerprint density at radius 1 is 1.17 bits per heavy atom. The normalized spacial score (nSPS) is 22.7. The van der Waals surface area contributed by atoms with Crippen LogP contribution in [0.15, 0.2) is 53.5 Å². The second kappa shape index (κ2) is 6.29. The van der Waals surface area contributed by atoms with Crippen LogP contribution in [0.4, 0.5) is 0 Å². The van der Waals surface area contributed by atoms with Crippen LogP contribution in [0.3, 0.4) is 0 Å². The van der Waals surface area contributed by atoms with E-state index in [1.807, 2.05) is 19.1 Å². The molecule has 4 nitrogen and oxygen atoms in total. The molecule has 1 heterocycles. The molecule has 0 aliphatic carbocycles. The van der Waals surface area contributed by atoms with E-state index >= 15 is 0 Å². The molecule has 124 valence electrons. The minimum atomic E-state index is -0.786. The number of ether oxygens (including phenoxy) is 2. The third-order valence-corrected chi connectivity index (χ3v) is 4.48. The molecule has 5 heteroatoms. The van der Waals surface area contributed by atoms with E-state index < -0.39 is 11.6 Å². The summed E-state index contributed by atoms with van der Waals surface area (Å²) in [6.07, 6.45) is -0.716. The van der Waals surface area contributed by atoms with E-state index in [4.69, 9.17) is 21.1 Å². The molecule has 24 heavy (non-hydrogen) atoms. The van der Waals surface area contributed by atoms with Gasteiger partial charge in [0.05, 0.1) is 7.11 Å². The van der Waals surface area contributed by atoms with Gasteiger partial charge in [-0.3, -0.25) is 4.79 Å². The number of methoxy groups -OCH3 is 1. The zero-order valence-corrected chi connectivity index (χ0v) is 14.5. The van der Waals surface area contributed by atoms with Gasteiger partial charge < -0.3 is 9.47 Å². The van der Waals surface area contributed by atoms with Gasteiger partial charge in [0.15, 0.2) is 12.0 Å². The fourth-order valence-electron chi connectivity index (χ4n) is 2.92. The van der Waals surface area contributed by atoms with E-state index in [2.05, 4.69) is 4.99 Å². The monoisotopic (exact) mass is 343 g/mol. The molecule has 2 aromatic rings. The molecule has 0 N–H and O–H groups in total. The molecule has 0 saturated carbocycles. The molecule has 2 atom stereocenters. The van der Waals surface area contributed by atoms with Crippen molar-refractivity contribution in [1.29, 1.82) is 0 Å². The van der Waals surface area contributed by atoms with E-state index in [0.29, 0.717) is 22.2 Å². The lowest BCUT2D eigenvalue weighted by molar-refractivity contribution is 0.0692. The van der Waals surface area contributed by atoms with Crippen LogP contribution in [0.25, 0.3) is 0 Å². The standard InChI is InChI=1S/C19H18ClNO3/c1-12-21-19(2,14-6-8-15(20)9-7-14)18(24-12)17(22)13-4-10-16(23-3)11-5-13/h4-11,18H,1-3H3/t18-,19-/m0/s1. The summed E-state index contributed by atoms with van der Waals surface area (Å²) in [5.74, 6) is 1.08. The molecular weight excluding hydrogens is 326 g/mol. The number of ketones is 1. The number of carbonyl (C=O) groups excluding carboxylic acids is 1. The van der Waals surface area contributed by atoms with Gasteiger partial charge in [0.1, 0.15) is 11.3 Å². The number of carbonyl (C=O) groups is 1. The molecule has 1 aliphatic rings. The second-order valence-corrected chi connectivity index (χ2v) is 6.31. The van der Waals surface area contributed by atoms with Crippen molar-refractivity contribution in [2.24, 2.45) is 4.99 Å². The fourth-order valence-corrected chi connectivity index (χ4v) is 3.04. The maximum Gasteiger partial charge on any atom is 0.206 e. The molecule has 0 radical (unpaired) electrons. The first-order valence-electron chi connectivity index (χ1n) is 7.61. The maximum atomic E-state index is 13.0. The lowest BCUT2D eigenvalue weighted by Crippen LogP contribution is -2.39. The Morgan fingerprint density at radius 3 is 2.38 bits per heavy atom. The van der Waals surface area contributed by atoms with E-state index in [9.17, 15) is 4.79 Å². The molecule has 0 spiro atoms. The average molecular weight is 344 g/mol. The van der Waals surface area contributed by atoms with Gasteiger partial charge in [0, 0.05) is 17.5 Å². The van der Waals surface area contributed by atoms with Crippen LogP contribution in [0, 0.1) is 0 Å². The molecule has 0 bridgehead atoms. The summed E-state index contributed by atoms with van der Waals surface area (Å²) in [4.78, 5) is 17.6. The lowest BCUT2D eigenvalue weighted by Gasteiger charge is -2.27. The Morgan fingerprint density at radius 2 is 1.79 bits per heavy atom. The molecule has 2 aromatic carbocycles. The average Bonchev–Trinajstić information content (AvgIpc) is 2.90. The number of hydrogen-bond acceptors (Lipinski definition) is 4. The smallest absolute Gasteiger partial charge is 0.206 e. The molecule has 0 unspecified atom stereocenters. The second-order valence-electron chi connectivity index (χ2n) is 5.88. The summed E-state index contributed by atoms with van der Waals surface area (Å²) in [7, 11) is 1.59. The van der Waals surface area contributed by atoms with E-state index in [0.717, 1.165) is 5.56 Å². The Kier molecular flexibility index (Phi) is 4.33. The van der Waals surface area contributed by atoms with Crippen LogP contribution in [0.1, 0.15) is 29.8 Å². The highest BCUT2D eigenvalue weighted by Crippen LogP contribution is 2.38. The van der Waals surface area contributed by atoms with Gasteiger partial charge >= 0.3 is 0 Å². The van der Waals surface area contributed by atoms with Crippen molar-refractivity contribution in [2.45, 2.75) is 25.5 Å². The number of Topliss-reactive ketones (excluding diaryl/α,β-unsaturated/α-hetero) is 1. The summed E-state index contributed by atoms with van der Waals surface area (Å²) >= 11 is 5.97. The number of rotatable bonds is 4. The Hall–Kier alpha value is -2.33. The van der Waals surface area contributed by atoms with Crippen LogP contribution in [-0.2, 0) is 10.3 Å². The number of aliphatic imine (C=N–C) groups is 1. The minimum Gasteiger partial charge on any atom is -0.497 e. The highest BCUT2D eigenvalue weighted by molar-refractivity contribution is 6.30. The van der Waals surface area contributed by atoms with Gasteiger partial charge in [-0.1, -0.05) is 23.7 Å². The van der Waals surface area contributed by atoms with E-state index in [1.165, 1.54) is 0 Å². The van der Waals surface area contributed by atoms with Crippen molar-refractivity contribution in [1.82, 2.24) is 0 Å². The number of halogens is 1. The fraction of sp³-hybridized carbons (Fsp3) is 0.263. The zero-order valence-electron chi connectivity index (χ0n) is 13.7. The quantitative estimate of drug-likeness (QED) is 0.779. The largest absolute Gasteiger partial charge is 0.497 e. The first-order chi connectivity index (χ1) is 11.4. The van der Waals surface area contributed by atoms with Crippen molar-refractivity contribution in [3.63, 3.8) is 0 Å². The van der Waals surface area contributed by atoms with Crippen molar-refractivity contribution in [3.05, 3.63) is 64.7 Å². The number of hydrogen-bond donors (Lipinski definition) is 0. The van der Waals surface area contributed by atoms with Crippen LogP contribution in [0.5, 0.6) is 5.75 Å². The van der Waals surface area contributed by atoms with E-state index in [1.54, 1.807) is 50.4 Å². The SMILES string of the molecule is COc1ccc(C(=O)[C@@H]2OC(C)=N[C@@]2(C)c2ccc(Cl)cc2)cc1. The highest BCUT2D eigenvalue weighted by Gasteiger charge is 2.47. The summed E-state index contributed by atoms with van der Waals surface area (Å²) in [6.45, 7) is 3.66. The lowest BCUT2D eigenvalue weighted by atomic mass is 9.83. The van der Waals surface area contributed by atoms with Gasteiger partial charge in [-0.05, 0) is 48.9 Å². The summed E-state index contributed by atoms with van der Waals surface area (Å²) in [5, 5.41) is 0.639. The van der Waals surface area contributed by atoms with Crippen molar-refractivity contribution < 1.29 is 14.3 Å². The predicted octanol–water partition coefficient (Wildman–Crippen LogP) is 4.26. The first kappa shape index (κ1) is 16.5. The molecule has 0 fully saturated rings. The Balaban J connectivity index is 1.96. The van der Waals surface area contributed by atoms with Gasteiger partial charge in [-0.25, -0.2) is 4.99 Å². The molecule has 0 saturated heterocycles. The Labute approximate surface area is 146 Å². The van der Waals surface area contributed by atoms with Crippen molar-refractivity contribution >= 4 is 23.3 Å². The predicted molar refractivity (Wildman–Crippen MR) is 94.1 cm³/mol. The van der Waals surface area contributed by atoms with Crippen molar-refractivity contribution in [3.8, 4) is 5.75 Å². The van der Waals surface area contributed by atoms with Gasteiger partial charge in [0.25, 0.3) is 0 Å². The molecule has 1 aliphatic heterocycles. The summed E-state index contributed by atoms with van der Waals surface area (Å²) in [5.41, 5.74) is 0.660. The highest BCUT2D eigenvalue weighted by atomic mass is 35.5. The van der Waals surface area contributed by atoms with Gasteiger partial charge in [-0.15, -0.1) is 0 Å². The van der Waals surface area contributed by atoms with Crippen LogP contribution in [0.2, 0.25) is 5.02 Å². The molecule has 3 rings (SSSR count). The zero-order chi connectivity index (χ0) is 17.3. The van der Waals surface area contributed by atoms with Gasteiger partial charge in [-0.2, -0.15) is 0 Å². The number of nitrogens with zero attached hydrogens (tertiary/aromatic N) is 1. The van der Waals surface area contributed by atoms with Crippen LogP contribution >= 0.6 is 11.6 Å².